The number of nitrogens with zero attached hydrogens (tertiary/aromatic N) is 2. The molecule has 0 saturated carbocycles. The highest BCUT2D eigenvalue weighted by molar-refractivity contribution is 9.10. The highest BCUT2D eigenvalue weighted by Crippen LogP contribution is 2.18. The van der Waals surface area contributed by atoms with Gasteiger partial charge in [-0.2, -0.15) is 5.10 Å². The van der Waals surface area contributed by atoms with E-state index in [1.807, 2.05) is 24.0 Å². The quantitative estimate of drug-likeness (QED) is 0.939. The Bertz CT molecular complexity index is 505. The fourth-order valence-electron chi connectivity index (χ4n) is 1.68. The SMILES string of the molecule is Cc1ccc(CNCc2ccn(C)n2)c(Br)c1. The highest BCUT2D eigenvalue weighted by Gasteiger charge is 2.01. The monoisotopic (exact) mass is 293 g/mol. The molecule has 0 bridgehead atoms. The van der Waals surface area contributed by atoms with Crippen LogP contribution in [0.2, 0.25) is 0 Å². The van der Waals surface area contributed by atoms with E-state index in [0.717, 1.165) is 23.3 Å². The lowest BCUT2D eigenvalue weighted by Gasteiger charge is -2.06. The summed E-state index contributed by atoms with van der Waals surface area (Å²) in [6.45, 7) is 3.73. The minimum atomic E-state index is 0.793. The summed E-state index contributed by atoms with van der Waals surface area (Å²) in [5, 5.41) is 7.71. The van der Waals surface area contributed by atoms with Crippen LogP contribution in [0.25, 0.3) is 0 Å². The molecule has 1 heterocycles. The average Bonchev–Trinajstić information content (AvgIpc) is 2.68. The molecule has 2 rings (SSSR count). The van der Waals surface area contributed by atoms with E-state index in [1.165, 1.54) is 11.1 Å². The molecule has 0 fully saturated rings. The van der Waals surface area contributed by atoms with E-state index < -0.39 is 0 Å². The van der Waals surface area contributed by atoms with E-state index in [-0.39, 0.29) is 0 Å². The normalized spacial score (nSPS) is 10.8. The molecule has 1 aromatic heterocycles. The Morgan fingerprint density at radius 3 is 2.76 bits per heavy atom. The van der Waals surface area contributed by atoms with Gasteiger partial charge in [0.25, 0.3) is 0 Å². The smallest absolute Gasteiger partial charge is 0.0762 e. The molecule has 4 heteroatoms. The maximum Gasteiger partial charge on any atom is 0.0762 e. The van der Waals surface area contributed by atoms with Crippen LogP contribution >= 0.6 is 15.9 Å². The van der Waals surface area contributed by atoms with Crippen LogP contribution in [0.5, 0.6) is 0 Å². The molecule has 0 atom stereocenters. The van der Waals surface area contributed by atoms with Crippen molar-refractivity contribution in [3.63, 3.8) is 0 Å². The summed E-state index contributed by atoms with van der Waals surface area (Å²) in [5.74, 6) is 0. The van der Waals surface area contributed by atoms with Crippen molar-refractivity contribution in [3.8, 4) is 0 Å². The standard InChI is InChI=1S/C13H16BrN3/c1-10-3-4-11(13(14)7-10)8-15-9-12-5-6-17(2)16-12/h3-7,15H,8-9H2,1-2H3. The molecule has 0 saturated heterocycles. The van der Waals surface area contributed by atoms with Gasteiger partial charge in [-0.1, -0.05) is 28.1 Å². The first-order valence-corrected chi connectivity index (χ1v) is 6.39. The van der Waals surface area contributed by atoms with Gasteiger partial charge >= 0.3 is 0 Å². The van der Waals surface area contributed by atoms with Crippen molar-refractivity contribution in [2.45, 2.75) is 20.0 Å². The second kappa shape index (κ2) is 5.47. The van der Waals surface area contributed by atoms with Crippen LogP contribution in [0, 0.1) is 6.92 Å². The third-order valence-corrected chi connectivity index (χ3v) is 3.34. The lowest BCUT2D eigenvalue weighted by atomic mass is 10.1. The predicted octanol–water partition coefficient (Wildman–Crippen LogP) is 2.78. The molecule has 1 aromatic carbocycles. The van der Waals surface area contributed by atoms with Crippen LogP contribution in [-0.4, -0.2) is 9.78 Å². The van der Waals surface area contributed by atoms with Gasteiger partial charge in [-0.25, -0.2) is 0 Å². The van der Waals surface area contributed by atoms with Crippen molar-refractivity contribution in [1.82, 2.24) is 15.1 Å². The first-order chi connectivity index (χ1) is 8.15. The lowest BCUT2D eigenvalue weighted by molar-refractivity contribution is 0.655. The molecule has 1 N–H and O–H groups in total. The molecule has 0 aliphatic heterocycles. The largest absolute Gasteiger partial charge is 0.307 e. The molecule has 3 nitrogen and oxygen atoms in total. The molecule has 0 aliphatic carbocycles. The van der Waals surface area contributed by atoms with Gasteiger partial charge in [-0.05, 0) is 30.2 Å². The number of halogens is 1. The fourth-order valence-corrected chi connectivity index (χ4v) is 2.31. The summed E-state index contributed by atoms with van der Waals surface area (Å²) in [5.41, 5.74) is 3.60. The molecular weight excluding hydrogens is 278 g/mol. The lowest BCUT2D eigenvalue weighted by Crippen LogP contribution is -2.13. The maximum atomic E-state index is 4.32. The Morgan fingerprint density at radius 2 is 2.12 bits per heavy atom. The van der Waals surface area contributed by atoms with Gasteiger partial charge in [0, 0.05) is 30.8 Å². The molecule has 2 aromatic rings. The van der Waals surface area contributed by atoms with E-state index in [9.17, 15) is 0 Å². The second-order valence-electron chi connectivity index (χ2n) is 4.18. The third-order valence-electron chi connectivity index (χ3n) is 2.60. The Morgan fingerprint density at radius 1 is 1.29 bits per heavy atom. The van der Waals surface area contributed by atoms with Gasteiger partial charge in [0.2, 0.25) is 0 Å². The van der Waals surface area contributed by atoms with Gasteiger partial charge in [0.05, 0.1) is 5.69 Å². The third kappa shape index (κ3) is 3.41. The average molecular weight is 294 g/mol. The summed E-state index contributed by atoms with van der Waals surface area (Å²) >= 11 is 3.58. The molecule has 0 amide bonds. The second-order valence-corrected chi connectivity index (χ2v) is 5.03. The van der Waals surface area contributed by atoms with E-state index >= 15 is 0 Å². The van der Waals surface area contributed by atoms with E-state index in [2.05, 4.69) is 51.5 Å². The van der Waals surface area contributed by atoms with Crippen molar-refractivity contribution >= 4 is 15.9 Å². The number of hydrogen-bond acceptors (Lipinski definition) is 2. The van der Waals surface area contributed by atoms with E-state index in [0.29, 0.717) is 0 Å². The molecule has 0 aliphatic rings. The molecule has 0 unspecified atom stereocenters. The van der Waals surface area contributed by atoms with Crippen LogP contribution in [0.15, 0.2) is 34.9 Å². The molecule has 17 heavy (non-hydrogen) atoms. The van der Waals surface area contributed by atoms with Crippen LogP contribution in [0.3, 0.4) is 0 Å². The summed E-state index contributed by atoms with van der Waals surface area (Å²) in [6.07, 6.45) is 1.96. The van der Waals surface area contributed by atoms with Crippen molar-refractivity contribution < 1.29 is 0 Å². The summed E-state index contributed by atoms with van der Waals surface area (Å²) in [4.78, 5) is 0. The van der Waals surface area contributed by atoms with Crippen LogP contribution < -0.4 is 5.32 Å². The first-order valence-electron chi connectivity index (χ1n) is 5.59. The maximum absolute atomic E-state index is 4.32. The van der Waals surface area contributed by atoms with E-state index in [4.69, 9.17) is 0 Å². The zero-order valence-corrected chi connectivity index (χ0v) is 11.7. The first kappa shape index (κ1) is 12.3. The van der Waals surface area contributed by atoms with Crippen molar-refractivity contribution in [2.75, 3.05) is 0 Å². The van der Waals surface area contributed by atoms with Gasteiger partial charge in [0.1, 0.15) is 0 Å². The summed E-state index contributed by atoms with van der Waals surface area (Å²) in [6, 6.07) is 8.43. The van der Waals surface area contributed by atoms with E-state index in [1.54, 1.807) is 0 Å². The fraction of sp³-hybridized carbons (Fsp3) is 0.308. The van der Waals surface area contributed by atoms with Gasteiger partial charge in [-0.15, -0.1) is 0 Å². The Balaban J connectivity index is 1.90. The highest BCUT2D eigenvalue weighted by atomic mass is 79.9. The van der Waals surface area contributed by atoms with Crippen molar-refractivity contribution in [1.29, 1.82) is 0 Å². The van der Waals surface area contributed by atoms with Gasteiger partial charge in [-0.3, -0.25) is 4.68 Å². The number of aromatic nitrogens is 2. The molecule has 0 spiro atoms. The van der Waals surface area contributed by atoms with Crippen LogP contribution in [0.1, 0.15) is 16.8 Å². The van der Waals surface area contributed by atoms with Crippen LogP contribution in [-0.2, 0) is 20.1 Å². The number of nitrogens with one attached hydrogen (secondary N) is 1. The molecule has 90 valence electrons. The van der Waals surface area contributed by atoms with Crippen molar-refractivity contribution in [2.24, 2.45) is 7.05 Å². The number of aryl methyl sites for hydroxylation is 2. The number of benzene rings is 1. The zero-order chi connectivity index (χ0) is 12.3. The Hall–Kier alpha value is -1.13. The van der Waals surface area contributed by atoms with Crippen molar-refractivity contribution in [3.05, 3.63) is 51.8 Å². The minimum absolute atomic E-state index is 0.793. The number of rotatable bonds is 4. The topological polar surface area (TPSA) is 29.9 Å². The number of hydrogen-bond donors (Lipinski definition) is 1. The minimum Gasteiger partial charge on any atom is -0.307 e. The summed E-state index contributed by atoms with van der Waals surface area (Å²) in [7, 11) is 1.93. The van der Waals surface area contributed by atoms with Gasteiger partial charge < -0.3 is 5.32 Å². The summed E-state index contributed by atoms with van der Waals surface area (Å²) < 4.78 is 2.98. The predicted molar refractivity (Wildman–Crippen MR) is 72.6 cm³/mol. The zero-order valence-electron chi connectivity index (χ0n) is 10.1. The Labute approximate surface area is 110 Å². The van der Waals surface area contributed by atoms with Crippen LogP contribution in [0.4, 0.5) is 0 Å². The van der Waals surface area contributed by atoms with Gasteiger partial charge in [0.15, 0.2) is 0 Å². The molecular formula is C13H16BrN3. The molecule has 0 radical (unpaired) electrons. The Kier molecular flexibility index (Phi) is 3.97.